The van der Waals surface area contributed by atoms with Gasteiger partial charge in [0.15, 0.2) is 16.8 Å². The van der Waals surface area contributed by atoms with Gasteiger partial charge in [-0.2, -0.15) is 0 Å². The highest BCUT2D eigenvalue weighted by atomic mass is 32.2. The van der Waals surface area contributed by atoms with Crippen molar-refractivity contribution in [3.05, 3.63) is 59.9 Å². The summed E-state index contributed by atoms with van der Waals surface area (Å²) in [5.74, 6) is 1.80. The zero-order valence-corrected chi connectivity index (χ0v) is 16.3. The topological polar surface area (TPSA) is 60.7 Å². The number of aromatic nitrogens is 4. The van der Waals surface area contributed by atoms with E-state index in [-0.39, 0.29) is 5.78 Å². The molecule has 0 radical (unpaired) electrons. The molecule has 3 aromatic rings. The average molecular weight is 379 g/mol. The highest BCUT2D eigenvalue weighted by Gasteiger charge is 2.30. The molecule has 1 aliphatic carbocycles. The van der Waals surface area contributed by atoms with Crippen molar-refractivity contribution in [3.8, 4) is 11.4 Å². The summed E-state index contributed by atoms with van der Waals surface area (Å²) in [4.78, 5) is 16.7. The monoisotopic (exact) mass is 378 g/mol. The zero-order chi connectivity index (χ0) is 18.8. The summed E-state index contributed by atoms with van der Waals surface area (Å²) >= 11 is 1.47. The van der Waals surface area contributed by atoms with Crippen molar-refractivity contribution in [1.29, 1.82) is 0 Å². The summed E-state index contributed by atoms with van der Waals surface area (Å²) in [6, 6.07) is 12.2. The Balaban J connectivity index is 1.50. The van der Waals surface area contributed by atoms with E-state index >= 15 is 0 Å². The van der Waals surface area contributed by atoms with Crippen LogP contribution in [0.15, 0.2) is 53.9 Å². The Hall–Kier alpha value is -2.47. The summed E-state index contributed by atoms with van der Waals surface area (Å²) in [5.41, 5.74) is 3.00. The van der Waals surface area contributed by atoms with Crippen LogP contribution in [-0.2, 0) is 0 Å². The standard InChI is InChI=1S/C21H22N4OS/c1-14(2)15-3-5-16(6-4-15)19(26)13-27-21-24-23-20(25(21)18-7-8-18)17-9-11-22-12-10-17/h3-6,9-12,14,18H,7-8,13H2,1-2H3. The van der Waals surface area contributed by atoms with Gasteiger partial charge < -0.3 is 0 Å². The molecule has 0 aliphatic heterocycles. The molecule has 1 saturated carbocycles. The molecule has 0 bridgehead atoms. The minimum atomic E-state index is 0.117. The first-order chi connectivity index (χ1) is 13.1. The predicted octanol–water partition coefficient (Wildman–Crippen LogP) is 4.77. The maximum absolute atomic E-state index is 12.6. The first kappa shape index (κ1) is 17.9. The lowest BCUT2D eigenvalue weighted by molar-refractivity contribution is 0.102. The molecule has 1 aromatic carbocycles. The SMILES string of the molecule is CC(C)c1ccc(C(=O)CSc2nnc(-c3ccncc3)n2C2CC2)cc1. The van der Waals surface area contributed by atoms with E-state index in [2.05, 4.69) is 33.6 Å². The number of carbonyl (C=O) groups excluding carboxylic acids is 1. The molecule has 27 heavy (non-hydrogen) atoms. The number of ketones is 1. The number of carbonyl (C=O) groups is 1. The van der Waals surface area contributed by atoms with E-state index < -0.39 is 0 Å². The van der Waals surface area contributed by atoms with Crippen molar-refractivity contribution < 1.29 is 4.79 Å². The Morgan fingerprint density at radius 2 is 1.81 bits per heavy atom. The summed E-state index contributed by atoms with van der Waals surface area (Å²) in [6.07, 6.45) is 5.79. The molecule has 5 nitrogen and oxygen atoms in total. The van der Waals surface area contributed by atoms with Crippen LogP contribution in [0, 0.1) is 0 Å². The fourth-order valence-corrected chi connectivity index (χ4v) is 3.90. The van der Waals surface area contributed by atoms with Crippen LogP contribution in [0.3, 0.4) is 0 Å². The molecule has 0 saturated heterocycles. The third-order valence-electron chi connectivity index (χ3n) is 4.75. The molecule has 4 rings (SSSR count). The second kappa shape index (κ2) is 7.64. The minimum Gasteiger partial charge on any atom is -0.299 e. The molecule has 0 spiro atoms. The molecule has 6 heteroatoms. The fraction of sp³-hybridized carbons (Fsp3) is 0.333. The van der Waals surface area contributed by atoms with Crippen LogP contribution >= 0.6 is 11.8 Å². The predicted molar refractivity (Wildman–Crippen MR) is 107 cm³/mol. The van der Waals surface area contributed by atoms with Crippen LogP contribution in [0.1, 0.15) is 54.6 Å². The lowest BCUT2D eigenvalue weighted by atomic mass is 10.0. The van der Waals surface area contributed by atoms with E-state index in [1.807, 2.05) is 36.4 Å². The van der Waals surface area contributed by atoms with Crippen molar-refractivity contribution in [2.24, 2.45) is 0 Å². The van der Waals surface area contributed by atoms with Gasteiger partial charge in [0, 0.05) is 29.6 Å². The fourth-order valence-electron chi connectivity index (χ4n) is 3.00. The molecular weight excluding hydrogens is 356 g/mol. The van der Waals surface area contributed by atoms with Gasteiger partial charge in [0.25, 0.3) is 0 Å². The third-order valence-corrected chi connectivity index (χ3v) is 5.69. The van der Waals surface area contributed by atoms with E-state index in [4.69, 9.17) is 0 Å². The Morgan fingerprint density at radius 1 is 1.11 bits per heavy atom. The second-order valence-corrected chi connectivity index (χ2v) is 8.07. The van der Waals surface area contributed by atoms with Crippen molar-refractivity contribution in [2.75, 3.05) is 5.75 Å². The largest absolute Gasteiger partial charge is 0.299 e. The van der Waals surface area contributed by atoms with Gasteiger partial charge >= 0.3 is 0 Å². The van der Waals surface area contributed by atoms with Crippen molar-refractivity contribution >= 4 is 17.5 Å². The average Bonchev–Trinajstić information content (AvgIpc) is 3.45. The van der Waals surface area contributed by atoms with Gasteiger partial charge in [0.2, 0.25) is 0 Å². The Kier molecular flexibility index (Phi) is 5.07. The Bertz CT molecular complexity index is 931. The number of rotatable bonds is 7. The van der Waals surface area contributed by atoms with E-state index in [0.717, 1.165) is 34.9 Å². The number of thioether (sulfide) groups is 1. The van der Waals surface area contributed by atoms with Crippen LogP contribution in [-0.4, -0.2) is 31.3 Å². The minimum absolute atomic E-state index is 0.117. The lowest BCUT2D eigenvalue weighted by Crippen LogP contribution is -2.05. The normalized spacial score (nSPS) is 13.9. The lowest BCUT2D eigenvalue weighted by Gasteiger charge is -2.09. The first-order valence-corrected chi connectivity index (χ1v) is 10.2. The summed E-state index contributed by atoms with van der Waals surface area (Å²) in [7, 11) is 0. The van der Waals surface area contributed by atoms with Gasteiger partial charge in [-0.1, -0.05) is 49.9 Å². The van der Waals surface area contributed by atoms with Gasteiger partial charge in [0.1, 0.15) is 0 Å². The number of nitrogens with zero attached hydrogens (tertiary/aromatic N) is 4. The molecule has 1 fully saturated rings. The molecule has 0 atom stereocenters. The molecule has 1 aliphatic rings. The van der Waals surface area contributed by atoms with Crippen LogP contribution in [0.4, 0.5) is 0 Å². The second-order valence-electron chi connectivity index (χ2n) is 7.13. The van der Waals surface area contributed by atoms with E-state index in [1.54, 1.807) is 12.4 Å². The molecular formula is C21H22N4OS. The van der Waals surface area contributed by atoms with Crippen LogP contribution in [0.25, 0.3) is 11.4 Å². The maximum Gasteiger partial charge on any atom is 0.192 e. The van der Waals surface area contributed by atoms with Crippen LogP contribution in [0.2, 0.25) is 0 Å². The molecule has 2 aromatic heterocycles. The molecule has 2 heterocycles. The summed E-state index contributed by atoms with van der Waals surface area (Å²) < 4.78 is 2.18. The highest BCUT2D eigenvalue weighted by molar-refractivity contribution is 7.99. The van der Waals surface area contributed by atoms with Crippen LogP contribution < -0.4 is 0 Å². The molecule has 0 N–H and O–H groups in total. The van der Waals surface area contributed by atoms with Crippen LogP contribution in [0.5, 0.6) is 0 Å². The maximum atomic E-state index is 12.6. The number of pyridine rings is 1. The van der Waals surface area contributed by atoms with Gasteiger partial charge in [-0.3, -0.25) is 14.3 Å². The molecule has 0 amide bonds. The van der Waals surface area contributed by atoms with Crippen molar-refractivity contribution in [1.82, 2.24) is 19.7 Å². The van der Waals surface area contributed by atoms with Crippen molar-refractivity contribution in [3.63, 3.8) is 0 Å². The Morgan fingerprint density at radius 3 is 2.44 bits per heavy atom. The van der Waals surface area contributed by atoms with Gasteiger partial charge in [0.05, 0.1) is 5.75 Å². The highest BCUT2D eigenvalue weighted by Crippen LogP contribution is 2.41. The number of Topliss-reactive ketones (excluding diaryl/α,β-unsaturated/α-hetero) is 1. The van der Waals surface area contributed by atoms with Gasteiger partial charge in [-0.25, -0.2) is 0 Å². The smallest absolute Gasteiger partial charge is 0.192 e. The molecule has 0 unspecified atom stereocenters. The van der Waals surface area contributed by atoms with E-state index in [1.165, 1.54) is 17.3 Å². The number of benzene rings is 1. The van der Waals surface area contributed by atoms with E-state index in [0.29, 0.717) is 17.7 Å². The van der Waals surface area contributed by atoms with E-state index in [9.17, 15) is 4.79 Å². The third kappa shape index (κ3) is 3.95. The number of hydrogen-bond acceptors (Lipinski definition) is 5. The first-order valence-electron chi connectivity index (χ1n) is 9.24. The molecule has 138 valence electrons. The quantitative estimate of drug-likeness (QED) is 0.438. The summed E-state index contributed by atoms with van der Waals surface area (Å²) in [5, 5.41) is 9.56. The number of hydrogen-bond donors (Lipinski definition) is 0. The van der Waals surface area contributed by atoms with Gasteiger partial charge in [-0.05, 0) is 36.5 Å². The zero-order valence-electron chi connectivity index (χ0n) is 15.5. The Labute approximate surface area is 163 Å². The van der Waals surface area contributed by atoms with Gasteiger partial charge in [-0.15, -0.1) is 10.2 Å². The van der Waals surface area contributed by atoms with Crippen molar-refractivity contribution in [2.45, 2.75) is 43.8 Å². The summed E-state index contributed by atoms with van der Waals surface area (Å²) in [6.45, 7) is 4.30.